The molecular weight excluding hydrogens is 271 g/mol. The van der Waals surface area contributed by atoms with Gasteiger partial charge in [-0.2, -0.15) is 0 Å². The maximum atomic E-state index is 13.3. The molecule has 4 nitrogen and oxygen atoms in total. The van der Waals surface area contributed by atoms with E-state index >= 15 is 0 Å². The number of anilines is 1. The SMILES string of the molecule is CN(Cc1ccccn1)c1ccc(F)cc1/C=C/C(=O)O. The van der Waals surface area contributed by atoms with E-state index in [1.165, 1.54) is 18.2 Å². The van der Waals surface area contributed by atoms with Gasteiger partial charge >= 0.3 is 5.97 Å². The van der Waals surface area contributed by atoms with Gasteiger partial charge in [-0.1, -0.05) is 6.07 Å². The van der Waals surface area contributed by atoms with Crippen LogP contribution in [0.15, 0.2) is 48.7 Å². The minimum atomic E-state index is -1.07. The topological polar surface area (TPSA) is 53.4 Å². The molecule has 0 amide bonds. The van der Waals surface area contributed by atoms with Gasteiger partial charge in [0.2, 0.25) is 0 Å². The third-order valence-corrected chi connectivity index (χ3v) is 2.93. The molecule has 0 saturated carbocycles. The van der Waals surface area contributed by atoms with Crippen LogP contribution in [0.3, 0.4) is 0 Å². The summed E-state index contributed by atoms with van der Waals surface area (Å²) < 4.78 is 13.3. The minimum absolute atomic E-state index is 0.407. The number of carboxylic acids is 1. The highest BCUT2D eigenvalue weighted by Gasteiger charge is 2.08. The van der Waals surface area contributed by atoms with Gasteiger partial charge in [-0.3, -0.25) is 4.98 Å². The second kappa shape index (κ2) is 6.65. The van der Waals surface area contributed by atoms with Crippen molar-refractivity contribution in [1.29, 1.82) is 0 Å². The predicted octanol–water partition coefficient (Wildman–Crippen LogP) is 2.95. The van der Waals surface area contributed by atoms with E-state index in [0.717, 1.165) is 17.5 Å². The van der Waals surface area contributed by atoms with Gasteiger partial charge in [0, 0.05) is 30.6 Å². The van der Waals surface area contributed by atoms with Gasteiger partial charge in [0.25, 0.3) is 0 Å². The molecule has 21 heavy (non-hydrogen) atoms. The summed E-state index contributed by atoms with van der Waals surface area (Å²) in [6.45, 7) is 0.542. The molecule has 2 rings (SSSR count). The Kier molecular flexibility index (Phi) is 4.66. The van der Waals surface area contributed by atoms with Crippen LogP contribution in [0.2, 0.25) is 0 Å². The molecule has 0 saturated heterocycles. The standard InChI is InChI=1S/C16H15FN2O2/c1-19(11-14-4-2-3-9-18-14)15-7-6-13(17)10-12(15)5-8-16(20)21/h2-10H,11H2,1H3,(H,20,21)/b8-5+. The fraction of sp³-hybridized carbons (Fsp3) is 0.125. The molecule has 108 valence electrons. The number of carboxylic acid groups (broad SMARTS) is 1. The Morgan fingerprint density at radius 1 is 1.38 bits per heavy atom. The van der Waals surface area contributed by atoms with E-state index in [4.69, 9.17) is 5.11 Å². The van der Waals surface area contributed by atoms with Crippen LogP contribution in [0.1, 0.15) is 11.3 Å². The Bertz CT molecular complexity index is 657. The van der Waals surface area contributed by atoms with Gasteiger partial charge < -0.3 is 10.0 Å². The second-order valence-corrected chi connectivity index (χ2v) is 4.55. The Labute approximate surface area is 122 Å². The molecule has 0 aliphatic heterocycles. The van der Waals surface area contributed by atoms with Crippen molar-refractivity contribution in [2.24, 2.45) is 0 Å². The molecule has 0 bridgehead atoms. The van der Waals surface area contributed by atoms with Gasteiger partial charge in [-0.15, -0.1) is 0 Å². The minimum Gasteiger partial charge on any atom is -0.478 e. The van der Waals surface area contributed by atoms with Crippen molar-refractivity contribution in [2.45, 2.75) is 6.54 Å². The lowest BCUT2D eigenvalue weighted by Gasteiger charge is -2.21. The van der Waals surface area contributed by atoms with Crippen LogP contribution in [0.4, 0.5) is 10.1 Å². The fourth-order valence-corrected chi connectivity index (χ4v) is 1.99. The number of hydrogen-bond donors (Lipinski definition) is 1. The first-order valence-corrected chi connectivity index (χ1v) is 6.38. The monoisotopic (exact) mass is 286 g/mol. The molecule has 1 aromatic heterocycles. The molecule has 0 fully saturated rings. The van der Waals surface area contributed by atoms with Crippen LogP contribution in [0, 0.1) is 5.82 Å². The summed E-state index contributed by atoms with van der Waals surface area (Å²) >= 11 is 0. The molecule has 5 heteroatoms. The lowest BCUT2D eigenvalue weighted by Crippen LogP contribution is -2.18. The molecule has 1 heterocycles. The van der Waals surface area contributed by atoms with Crippen molar-refractivity contribution in [3.05, 3.63) is 65.7 Å². The van der Waals surface area contributed by atoms with Gasteiger partial charge in [-0.25, -0.2) is 9.18 Å². The number of aromatic nitrogens is 1. The average molecular weight is 286 g/mol. The van der Waals surface area contributed by atoms with Gasteiger partial charge in [0.15, 0.2) is 0 Å². The van der Waals surface area contributed by atoms with Crippen LogP contribution in [0.25, 0.3) is 6.08 Å². The summed E-state index contributed by atoms with van der Waals surface area (Å²) in [6, 6.07) is 9.91. The third kappa shape index (κ3) is 4.14. The largest absolute Gasteiger partial charge is 0.478 e. The molecule has 0 radical (unpaired) electrons. The second-order valence-electron chi connectivity index (χ2n) is 4.55. The van der Waals surface area contributed by atoms with E-state index in [9.17, 15) is 9.18 Å². The first-order valence-electron chi connectivity index (χ1n) is 6.38. The number of benzene rings is 1. The Hall–Kier alpha value is -2.69. The Morgan fingerprint density at radius 3 is 2.86 bits per heavy atom. The fourth-order valence-electron chi connectivity index (χ4n) is 1.99. The zero-order chi connectivity index (χ0) is 15.2. The van der Waals surface area contributed by atoms with Crippen LogP contribution >= 0.6 is 0 Å². The first-order chi connectivity index (χ1) is 10.1. The summed E-state index contributed by atoms with van der Waals surface area (Å²) in [4.78, 5) is 16.8. The molecular formula is C16H15FN2O2. The van der Waals surface area contributed by atoms with Crippen LogP contribution in [-0.4, -0.2) is 23.1 Å². The lowest BCUT2D eigenvalue weighted by molar-refractivity contribution is -0.131. The molecule has 1 N–H and O–H groups in total. The number of aliphatic carboxylic acids is 1. The summed E-state index contributed by atoms with van der Waals surface area (Å²) in [5, 5.41) is 8.70. The Morgan fingerprint density at radius 2 is 2.19 bits per heavy atom. The average Bonchev–Trinajstić information content (AvgIpc) is 2.46. The van der Waals surface area contributed by atoms with Gasteiger partial charge in [0.05, 0.1) is 12.2 Å². The molecule has 0 atom stereocenters. The highest BCUT2D eigenvalue weighted by atomic mass is 19.1. The van der Waals surface area contributed by atoms with Crippen molar-refractivity contribution >= 4 is 17.7 Å². The van der Waals surface area contributed by atoms with E-state index in [-0.39, 0.29) is 0 Å². The molecule has 0 unspecified atom stereocenters. The van der Waals surface area contributed by atoms with E-state index in [2.05, 4.69) is 4.98 Å². The zero-order valence-corrected chi connectivity index (χ0v) is 11.5. The van der Waals surface area contributed by atoms with Crippen molar-refractivity contribution < 1.29 is 14.3 Å². The van der Waals surface area contributed by atoms with E-state index < -0.39 is 11.8 Å². The highest BCUT2D eigenvalue weighted by Crippen LogP contribution is 2.23. The van der Waals surface area contributed by atoms with Crippen LogP contribution < -0.4 is 4.90 Å². The number of nitrogens with zero attached hydrogens (tertiary/aromatic N) is 2. The van der Waals surface area contributed by atoms with Crippen molar-refractivity contribution in [2.75, 3.05) is 11.9 Å². The molecule has 1 aromatic carbocycles. The zero-order valence-electron chi connectivity index (χ0n) is 11.5. The van der Waals surface area contributed by atoms with Gasteiger partial charge in [-0.05, 0) is 36.4 Å². The molecule has 0 aliphatic rings. The predicted molar refractivity (Wildman–Crippen MR) is 79.4 cm³/mol. The van der Waals surface area contributed by atoms with E-state index in [1.807, 2.05) is 30.1 Å². The summed E-state index contributed by atoms with van der Waals surface area (Å²) in [7, 11) is 1.85. The van der Waals surface area contributed by atoms with Gasteiger partial charge in [0.1, 0.15) is 5.82 Å². The van der Waals surface area contributed by atoms with E-state index in [0.29, 0.717) is 12.1 Å². The highest BCUT2D eigenvalue weighted by molar-refractivity contribution is 5.87. The third-order valence-electron chi connectivity index (χ3n) is 2.93. The Balaban J connectivity index is 2.27. The maximum Gasteiger partial charge on any atom is 0.328 e. The number of halogens is 1. The normalized spacial score (nSPS) is 10.8. The lowest BCUT2D eigenvalue weighted by atomic mass is 10.1. The van der Waals surface area contributed by atoms with E-state index in [1.54, 1.807) is 12.3 Å². The number of hydrogen-bond acceptors (Lipinski definition) is 3. The quantitative estimate of drug-likeness (QED) is 0.859. The first kappa shape index (κ1) is 14.7. The van der Waals surface area contributed by atoms with Crippen molar-refractivity contribution in [3.8, 4) is 0 Å². The summed E-state index contributed by atoms with van der Waals surface area (Å²) in [5.41, 5.74) is 2.12. The number of carbonyl (C=O) groups is 1. The number of rotatable bonds is 5. The summed E-state index contributed by atoms with van der Waals surface area (Å²) in [6.07, 6.45) is 4.08. The maximum absolute atomic E-state index is 13.3. The smallest absolute Gasteiger partial charge is 0.328 e. The molecule has 2 aromatic rings. The molecule has 0 spiro atoms. The number of pyridine rings is 1. The van der Waals surface area contributed by atoms with Crippen LogP contribution in [0.5, 0.6) is 0 Å². The summed E-state index contributed by atoms with van der Waals surface area (Å²) in [5.74, 6) is -1.48. The molecule has 0 aliphatic carbocycles. The van der Waals surface area contributed by atoms with Crippen molar-refractivity contribution in [1.82, 2.24) is 4.98 Å². The van der Waals surface area contributed by atoms with Crippen LogP contribution in [-0.2, 0) is 11.3 Å². The van der Waals surface area contributed by atoms with Crippen molar-refractivity contribution in [3.63, 3.8) is 0 Å².